The number of carboxylic acids is 1. The van der Waals surface area contributed by atoms with E-state index in [0.29, 0.717) is 12.0 Å². The third-order valence-electron chi connectivity index (χ3n) is 4.75. The van der Waals surface area contributed by atoms with E-state index in [1.165, 1.54) is 4.90 Å². The second kappa shape index (κ2) is 6.02. The summed E-state index contributed by atoms with van der Waals surface area (Å²) in [5.74, 6) is -0.489. The van der Waals surface area contributed by atoms with Crippen molar-refractivity contribution < 1.29 is 44.3 Å². The standard InChI is InChI=1S/C17H13N3O3S.Na/c21-15-10(12-3-4-14(16(22)23)20(12)15)7-9-1-2-13-11(8-9)18-17-19(13)5-6-24-17;/h1-2,4,7-8,12H,3,5-6H2,(H,22,23);/q;+1/p-1/b10-7+;. The molecule has 4 heterocycles. The molecule has 3 aliphatic rings. The fraction of sp³-hybridized carbons (Fsp3) is 0.235. The Morgan fingerprint density at radius 3 is 3.04 bits per heavy atom. The number of fused-ring (bicyclic) bond motifs is 4. The minimum absolute atomic E-state index is 0. The summed E-state index contributed by atoms with van der Waals surface area (Å²) < 4.78 is 2.21. The Morgan fingerprint density at radius 2 is 2.24 bits per heavy atom. The predicted molar refractivity (Wildman–Crippen MR) is 86.8 cm³/mol. The quantitative estimate of drug-likeness (QED) is 0.344. The van der Waals surface area contributed by atoms with Gasteiger partial charge in [-0.3, -0.25) is 9.69 Å². The van der Waals surface area contributed by atoms with Crippen LogP contribution in [0.25, 0.3) is 17.1 Å². The normalized spacial score (nSPS) is 22.5. The maximum absolute atomic E-state index is 12.2. The van der Waals surface area contributed by atoms with Crippen LogP contribution in [-0.4, -0.2) is 38.1 Å². The van der Waals surface area contributed by atoms with Crippen molar-refractivity contribution in [3.05, 3.63) is 41.1 Å². The fourth-order valence-electron chi connectivity index (χ4n) is 3.62. The monoisotopic (exact) mass is 361 g/mol. The summed E-state index contributed by atoms with van der Waals surface area (Å²) in [4.78, 5) is 29.2. The number of carboxylic acid groups (broad SMARTS) is 1. The van der Waals surface area contributed by atoms with Crippen molar-refractivity contribution in [1.29, 1.82) is 0 Å². The SMILES string of the molecule is O=C([O-])C1=CCC2/C(=C\c3ccc4c(c3)nc3n4CCS3)C(=O)N12.[Na+]. The second-order valence-electron chi connectivity index (χ2n) is 6.05. The molecule has 120 valence electrons. The molecule has 3 aliphatic heterocycles. The number of aliphatic carboxylic acids is 1. The summed E-state index contributed by atoms with van der Waals surface area (Å²) in [6.45, 7) is 0.976. The Morgan fingerprint density at radius 1 is 1.40 bits per heavy atom. The second-order valence-corrected chi connectivity index (χ2v) is 7.11. The van der Waals surface area contributed by atoms with Gasteiger partial charge in [-0.1, -0.05) is 23.9 Å². The van der Waals surface area contributed by atoms with E-state index in [9.17, 15) is 14.7 Å². The predicted octanol–water partition coefficient (Wildman–Crippen LogP) is -2.22. The molecule has 25 heavy (non-hydrogen) atoms. The fourth-order valence-corrected chi connectivity index (χ4v) is 4.58. The Labute approximate surface area is 169 Å². The molecular formula is C17H12N3NaO3S. The van der Waals surface area contributed by atoms with Crippen LogP contribution in [0.5, 0.6) is 0 Å². The van der Waals surface area contributed by atoms with Crippen molar-refractivity contribution in [1.82, 2.24) is 14.5 Å². The number of aromatic nitrogens is 2. The molecule has 2 aromatic rings. The van der Waals surface area contributed by atoms with Gasteiger partial charge >= 0.3 is 29.6 Å². The summed E-state index contributed by atoms with van der Waals surface area (Å²) >= 11 is 1.75. The minimum atomic E-state index is -1.30. The zero-order chi connectivity index (χ0) is 16.4. The molecule has 0 radical (unpaired) electrons. The summed E-state index contributed by atoms with van der Waals surface area (Å²) in [5, 5.41) is 12.1. The van der Waals surface area contributed by atoms with E-state index in [4.69, 9.17) is 0 Å². The van der Waals surface area contributed by atoms with E-state index in [0.717, 1.165) is 34.1 Å². The van der Waals surface area contributed by atoms with Gasteiger partial charge in [-0.15, -0.1) is 0 Å². The van der Waals surface area contributed by atoms with Gasteiger partial charge in [0.25, 0.3) is 5.91 Å². The van der Waals surface area contributed by atoms with Crippen LogP contribution in [0.3, 0.4) is 0 Å². The van der Waals surface area contributed by atoms with Crippen molar-refractivity contribution >= 4 is 40.7 Å². The molecule has 0 bridgehead atoms. The van der Waals surface area contributed by atoms with E-state index in [-0.39, 0.29) is 47.2 Å². The molecule has 0 aliphatic carbocycles. The van der Waals surface area contributed by atoms with Gasteiger partial charge in [0.05, 0.1) is 28.7 Å². The first-order valence-electron chi connectivity index (χ1n) is 7.73. The van der Waals surface area contributed by atoms with E-state index in [1.807, 2.05) is 24.3 Å². The number of β-lactam (4-membered cyclic amide) rings is 1. The van der Waals surface area contributed by atoms with Crippen LogP contribution in [0.4, 0.5) is 0 Å². The van der Waals surface area contributed by atoms with E-state index in [2.05, 4.69) is 9.55 Å². The van der Waals surface area contributed by atoms with Crippen LogP contribution in [0, 0.1) is 0 Å². The van der Waals surface area contributed by atoms with Crippen LogP contribution in [0.2, 0.25) is 0 Å². The third-order valence-corrected chi connectivity index (χ3v) is 5.70. The minimum Gasteiger partial charge on any atom is -0.543 e. The number of thioether (sulfide) groups is 1. The van der Waals surface area contributed by atoms with Gasteiger partial charge in [-0.2, -0.15) is 0 Å². The molecule has 1 amide bonds. The number of benzene rings is 1. The molecule has 1 unspecified atom stereocenters. The van der Waals surface area contributed by atoms with Gasteiger partial charge < -0.3 is 14.5 Å². The van der Waals surface area contributed by atoms with Crippen molar-refractivity contribution in [3.8, 4) is 0 Å². The summed E-state index contributed by atoms with van der Waals surface area (Å²) in [7, 11) is 0. The number of hydrogen-bond acceptors (Lipinski definition) is 5. The zero-order valence-corrected chi connectivity index (χ0v) is 16.4. The molecule has 1 atom stereocenters. The van der Waals surface area contributed by atoms with Crippen LogP contribution in [-0.2, 0) is 16.1 Å². The number of carbonyl (C=O) groups is 2. The van der Waals surface area contributed by atoms with Gasteiger partial charge in [-0.25, -0.2) is 4.98 Å². The number of nitrogens with zero attached hydrogens (tertiary/aromatic N) is 3. The number of imidazole rings is 1. The Kier molecular flexibility index (Phi) is 4.07. The summed E-state index contributed by atoms with van der Waals surface area (Å²) in [6.07, 6.45) is 3.92. The molecule has 1 fully saturated rings. The largest absolute Gasteiger partial charge is 1.00 e. The molecule has 6 nitrogen and oxygen atoms in total. The van der Waals surface area contributed by atoms with Crippen molar-refractivity contribution in [3.63, 3.8) is 0 Å². The van der Waals surface area contributed by atoms with Crippen LogP contribution in [0.15, 0.2) is 40.7 Å². The van der Waals surface area contributed by atoms with Gasteiger partial charge in [0, 0.05) is 17.9 Å². The summed E-state index contributed by atoms with van der Waals surface area (Å²) in [5.41, 5.74) is 3.58. The molecular weight excluding hydrogens is 349 g/mol. The number of rotatable bonds is 2. The zero-order valence-electron chi connectivity index (χ0n) is 13.6. The first-order chi connectivity index (χ1) is 11.6. The molecule has 0 saturated carbocycles. The maximum Gasteiger partial charge on any atom is 1.00 e. The first kappa shape index (κ1) is 16.9. The Balaban J connectivity index is 0.00000157. The number of amides is 1. The molecule has 1 aromatic carbocycles. The van der Waals surface area contributed by atoms with Gasteiger partial charge in [0.15, 0.2) is 5.16 Å². The van der Waals surface area contributed by atoms with Crippen LogP contribution >= 0.6 is 11.8 Å². The van der Waals surface area contributed by atoms with E-state index >= 15 is 0 Å². The smallest absolute Gasteiger partial charge is 0.543 e. The molecule has 0 spiro atoms. The number of aryl methyl sites for hydroxylation is 1. The van der Waals surface area contributed by atoms with Gasteiger partial charge in [0.2, 0.25) is 0 Å². The number of carbonyl (C=O) groups excluding carboxylic acids is 2. The van der Waals surface area contributed by atoms with Crippen molar-refractivity contribution in [2.45, 2.75) is 24.2 Å². The Bertz CT molecular complexity index is 994. The molecule has 1 saturated heterocycles. The summed E-state index contributed by atoms with van der Waals surface area (Å²) in [6, 6.07) is 5.81. The maximum atomic E-state index is 12.2. The van der Waals surface area contributed by atoms with Crippen LogP contribution in [0.1, 0.15) is 12.0 Å². The van der Waals surface area contributed by atoms with E-state index < -0.39 is 5.97 Å². The van der Waals surface area contributed by atoms with E-state index in [1.54, 1.807) is 17.8 Å². The topological polar surface area (TPSA) is 78.3 Å². The van der Waals surface area contributed by atoms with Crippen LogP contribution < -0.4 is 34.7 Å². The third kappa shape index (κ3) is 2.41. The van der Waals surface area contributed by atoms with Gasteiger partial charge in [0.1, 0.15) is 0 Å². The molecule has 8 heteroatoms. The average Bonchev–Trinajstić information content (AvgIpc) is 3.24. The molecule has 5 rings (SSSR count). The van der Waals surface area contributed by atoms with Crippen molar-refractivity contribution in [2.75, 3.05) is 5.75 Å². The number of hydrogen-bond donors (Lipinski definition) is 0. The Hall–Kier alpha value is -1.54. The molecule has 1 aromatic heterocycles. The molecule has 0 N–H and O–H groups in total. The first-order valence-corrected chi connectivity index (χ1v) is 8.72. The van der Waals surface area contributed by atoms with Gasteiger partial charge in [-0.05, 0) is 30.2 Å². The van der Waals surface area contributed by atoms with Crippen molar-refractivity contribution in [2.24, 2.45) is 0 Å². The average molecular weight is 361 g/mol.